The largest absolute Gasteiger partial charge is 0.366 e. The van der Waals surface area contributed by atoms with Crippen LogP contribution < -0.4 is 16.1 Å². The third-order valence-electron chi connectivity index (χ3n) is 6.43. The minimum atomic E-state index is -0.599. The normalized spacial score (nSPS) is 13.8. The first-order valence-electron chi connectivity index (χ1n) is 11.8. The van der Waals surface area contributed by atoms with Gasteiger partial charge in [0.05, 0.1) is 5.69 Å². The van der Waals surface area contributed by atoms with E-state index in [2.05, 4.69) is 9.97 Å². The van der Waals surface area contributed by atoms with Crippen molar-refractivity contribution in [3.63, 3.8) is 0 Å². The lowest BCUT2D eigenvalue weighted by Gasteiger charge is -2.36. The molecule has 5 rings (SSSR count). The van der Waals surface area contributed by atoms with Gasteiger partial charge < -0.3 is 9.80 Å². The van der Waals surface area contributed by atoms with E-state index in [4.69, 9.17) is 0 Å². The minimum absolute atomic E-state index is 0.174. The predicted octanol–water partition coefficient (Wildman–Crippen LogP) is 2.13. The first-order valence-corrected chi connectivity index (χ1v) is 11.8. The second-order valence-electron chi connectivity index (χ2n) is 8.53. The van der Waals surface area contributed by atoms with Crippen molar-refractivity contribution < 1.29 is 9.18 Å². The summed E-state index contributed by atoms with van der Waals surface area (Å²) in [4.78, 5) is 51.8. The van der Waals surface area contributed by atoms with Crippen LogP contribution in [-0.4, -0.2) is 56.1 Å². The summed E-state index contributed by atoms with van der Waals surface area (Å²) in [6, 6.07) is 15.8. The van der Waals surface area contributed by atoms with Crippen LogP contribution in [0.4, 0.5) is 10.1 Å². The van der Waals surface area contributed by atoms with Crippen molar-refractivity contribution in [1.29, 1.82) is 0 Å². The average Bonchev–Trinajstić information content (AvgIpc) is 2.92. The molecule has 0 atom stereocenters. The van der Waals surface area contributed by atoms with Crippen molar-refractivity contribution in [1.82, 2.24) is 24.0 Å². The molecule has 0 aliphatic carbocycles. The van der Waals surface area contributed by atoms with Gasteiger partial charge in [-0.2, -0.15) is 0 Å². The molecule has 0 radical (unpaired) electrons. The molecular weight excluding hydrogens is 463 g/mol. The van der Waals surface area contributed by atoms with Gasteiger partial charge in [-0.1, -0.05) is 42.5 Å². The first kappa shape index (κ1) is 23.4. The number of fused-ring (bicyclic) bond motifs is 1. The van der Waals surface area contributed by atoms with Crippen LogP contribution in [0.25, 0.3) is 22.4 Å². The lowest BCUT2D eigenvalue weighted by Crippen LogP contribution is -2.51. The van der Waals surface area contributed by atoms with E-state index in [1.165, 1.54) is 16.8 Å². The topological polar surface area (TPSA) is 93.3 Å². The zero-order valence-corrected chi connectivity index (χ0v) is 19.8. The zero-order chi connectivity index (χ0) is 25.2. The molecule has 1 amide bonds. The molecule has 0 saturated carbocycles. The number of piperazine rings is 1. The summed E-state index contributed by atoms with van der Waals surface area (Å²) in [6.07, 6.45) is 1.41. The highest BCUT2D eigenvalue weighted by Crippen LogP contribution is 2.20. The van der Waals surface area contributed by atoms with Crippen LogP contribution in [0, 0.1) is 5.82 Å². The number of carbonyl (C=O) groups is 1. The molecule has 0 unspecified atom stereocenters. The Labute approximate surface area is 206 Å². The summed E-state index contributed by atoms with van der Waals surface area (Å²) in [5.74, 6) is -0.241. The Hall–Kier alpha value is -4.34. The van der Waals surface area contributed by atoms with E-state index in [0.29, 0.717) is 37.7 Å². The Bertz CT molecular complexity index is 1540. The van der Waals surface area contributed by atoms with Crippen molar-refractivity contribution in [2.24, 2.45) is 0 Å². The van der Waals surface area contributed by atoms with Gasteiger partial charge >= 0.3 is 5.69 Å². The molecule has 2 aromatic carbocycles. The fourth-order valence-electron chi connectivity index (χ4n) is 4.49. The van der Waals surface area contributed by atoms with Gasteiger partial charge in [-0.25, -0.2) is 19.2 Å². The number of benzene rings is 2. The van der Waals surface area contributed by atoms with E-state index in [0.717, 1.165) is 10.1 Å². The lowest BCUT2D eigenvalue weighted by atomic mass is 10.2. The molecule has 4 aromatic rings. The number of aromatic nitrogens is 4. The quantitative estimate of drug-likeness (QED) is 0.427. The van der Waals surface area contributed by atoms with Crippen LogP contribution in [0.2, 0.25) is 0 Å². The van der Waals surface area contributed by atoms with Gasteiger partial charge in [-0.15, -0.1) is 0 Å². The summed E-state index contributed by atoms with van der Waals surface area (Å²) in [7, 11) is 0. The maximum absolute atomic E-state index is 14.1. The molecule has 36 heavy (non-hydrogen) atoms. The highest BCUT2D eigenvalue weighted by molar-refractivity contribution is 5.78. The Kier molecular flexibility index (Phi) is 6.32. The van der Waals surface area contributed by atoms with Crippen molar-refractivity contribution in [2.75, 3.05) is 31.1 Å². The minimum Gasteiger partial charge on any atom is -0.366 e. The summed E-state index contributed by atoms with van der Waals surface area (Å²) >= 11 is 0. The van der Waals surface area contributed by atoms with E-state index in [-0.39, 0.29) is 35.8 Å². The number of rotatable bonds is 5. The van der Waals surface area contributed by atoms with Gasteiger partial charge in [0.25, 0.3) is 5.56 Å². The van der Waals surface area contributed by atoms with Crippen LogP contribution >= 0.6 is 0 Å². The second kappa shape index (κ2) is 9.73. The Morgan fingerprint density at radius 3 is 2.33 bits per heavy atom. The molecule has 1 saturated heterocycles. The molecule has 2 aromatic heterocycles. The van der Waals surface area contributed by atoms with E-state index >= 15 is 0 Å². The van der Waals surface area contributed by atoms with E-state index in [1.807, 2.05) is 35.2 Å². The molecule has 1 fully saturated rings. The molecule has 0 bridgehead atoms. The van der Waals surface area contributed by atoms with Crippen LogP contribution in [0.15, 0.2) is 70.4 Å². The van der Waals surface area contributed by atoms with Crippen molar-refractivity contribution in [2.45, 2.75) is 20.0 Å². The molecule has 9 nitrogen and oxygen atoms in total. The van der Waals surface area contributed by atoms with Crippen LogP contribution in [0.5, 0.6) is 0 Å². The summed E-state index contributed by atoms with van der Waals surface area (Å²) in [6.45, 7) is 3.30. The van der Waals surface area contributed by atoms with Crippen molar-refractivity contribution in [3.05, 3.63) is 87.4 Å². The molecule has 1 aliphatic rings. The number of nitrogens with zero attached hydrogens (tertiary/aromatic N) is 6. The Morgan fingerprint density at radius 2 is 1.64 bits per heavy atom. The molecule has 184 valence electrons. The smallest absolute Gasteiger partial charge is 0.333 e. The van der Waals surface area contributed by atoms with Gasteiger partial charge in [0.2, 0.25) is 5.91 Å². The van der Waals surface area contributed by atoms with Crippen molar-refractivity contribution in [3.8, 4) is 11.4 Å². The monoisotopic (exact) mass is 488 g/mol. The number of hydrogen-bond donors (Lipinski definition) is 0. The van der Waals surface area contributed by atoms with Gasteiger partial charge in [0, 0.05) is 44.5 Å². The highest BCUT2D eigenvalue weighted by Gasteiger charge is 2.25. The SMILES string of the molecule is CCn1c(=O)n(CC(=O)N2CCN(c3ccccc3F)CC2)c(=O)c2cnc(-c3ccccc3)nc21. The van der Waals surface area contributed by atoms with Gasteiger partial charge in [-0.05, 0) is 19.1 Å². The Balaban J connectivity index is 1.40. The third kappa shape index (κ3) is 4.26. The maximum Gasteiger partial charge on any atom is 0.333 e. The standard InChI is InChI=1S/C26H25FN6O3/c1-2-32-24-19(16-28-23(29-24)18-8-4-3-5-9-18)25(35)33(26(32)36)17-22(34)31-14-12-30(13-15-31)21-11-7-6-10-20(21)27/h3-11,16H,2,12-15,17H2,1H3. The number of para-hydroxylation sites is 1. The molecule has 0 spiro atoms. The predicted molar refractivity (Wildman–Crippen MR) is 134 cm³/mol. The van der Waals surface area contributed by atoms with E-state index in [1.54, 1.807) is 30.0 Å². The van der Waals surface area contributed by atoms with E-state index < -0.39 is 11.2 Å². The number of halogens is 1. The van der Waals surface area contributed by atoms with Gasteiger partial charge in [-0.3, -0.25) is 18.7 Å². The third-order valence-corrected chi connectivity index (χ3v) is 6.43. The van der Waals surface area contributed by atoms with Gasteiger partial charge in [0.15, 0.2) is 11.5 Å². The fourth-order valence-corrected chi connectivity index (χ4v) is 4.49. The van der Waals surface area contributed by atoms with E-state index in [9.17, 15) is 18.8 Å². The molecule has 3 heterocycles. The second-order valence-corrected chi connectivity index (χ2v) is 8.53. The molecule has 0 N–H and O–H groups in total. The summed E-state index contributed by atoms with van der Waals surface area (Å²) in [5.41, 5.74) is 0.312. The number of aryl methyl sites for hydroxylation is 1. The first-order chi connectivity index (χ1) is 17.5. The molecule has 10 heteroatoms. The van der Waals surface area contributed by atoms with Crippen LogP contribution in [0.3, 0.4) is 0 Å². The highest BCUT2D eigenvalue weighted by atomic mass is 19.1. The van der Waals surface area contributed by atoms with Crippen LogP contribution in [-0.2, 0) is 17.9 Å². The fraction of sp³-hybridized carbons (Fsp3) is 0.269. The zero-order valence-electron chi connectivity index (χ0n) is 19.8. The number of anilines is 1. The molecular formula is C26H25FN6O3. The number of hydrogen-bond acceptors (Lipinski definition) is 6. The molecule has 1 aliphatic heterocycles. The number of amides is 1. The maximum atomic E-state index is 14.1. The van der Waals surface area contributed by atoms with Crippen LogP contribution in [0.1, 0.15) is 6.92 Å². The Morgan fingerprint density at radius 1 is 0.944 bits per heavy atom. The lowest BCUT2D eigenvalue weighted by molar-refractivity contribution is -0.132. The number of carbonyl (C=O) groups excluding carboxylic acids is 1. The van der Waals surface area contributed by atoms with Crippen molar-refractivity contribution >= 4 is 22.6 Å². The summed E-state index contributed by atoms with van der Waals surface area (Å²) < 4.78 is 16.4. The summed E-state index contributed by atoms with van der Waals surface area (Å²) in [5, 5.41) is 0.174. The van der Waals surface area contributed by atoms with Gasteiger partial charge in [0.1, 0.15) is 17.7 Å². The average molecular weight is 489 g/mol.